The van der Waals surface area contributed by atoms with Gasteiger partial charge in [0.05, 0.1) is 11.9 Å². The van der Waals surface area contributed by atoms with Gasteiger partial charge in [0.25, 0.3) is 5.91 Å². The van der Waals surface area contributed by atoms with Crippen molar-refractivity contribution < 1.29 is 4.79 Å². The van der Waals surface area contributed by atoms with Gasteiger partial charge in [-0.2, -0.15) is 0 Å². The van der Waals surface area contributed by atoms with Crippen molar-refractivity contribution in [1.82, 2.24) is 10.3 Å². The highest BCUT2D eigenvalue weighted by molar-refractivity contribution is 6.02. The quantitative estimate of drug-likeness (QED) is 0.725. The van der Waals surface area contributed by atoms with Crippen molar-refractivity contribution in [2.24, 2.45) is 0 Å². The molecule has 1 fully saturated rings. The zero-order valence-corrected chi connectivity index (χ0v) is 16.2. The molecule has 0 unspecified atom stereocenters. The van der Waals surface area contributed by atoms with Gasteiger partial charge in [0.15, 0.2) is 0 Å². The summed E-state index contributed by atoms with van der Waals surface area (Å²) >= 11 is 0. The van der Waals surface area contributed by atoms with Crippen LogP contribution in [-0.2, 0) is 0 Å². The number of carbonyl (C=O) groups excluding carboxylic acids is 1. The van der Waals surface area contributed by atoms with Crippen LogP contribution in [0.25, 0.3) is 16.8 Å². The average Bonchev–Trinajstić information content (AvgIpc) is 2.74. The van der Waals surface area contributed by atoms with Gasteiger partial charge in [0.1, 0.15) is 0 Å². The Bertz CT molecular complexity index is 1000. The first-order valence-electron chi connectivity index (χ1n) is 9.90. The number of hydrogen-bond donors (Lipinski definition) is 1. The number of amides is 1. The molecule has 4 rings (SSSR count). The van der Waals surface area contributed by atoms with Gasteiger partial charge in [-0.1, -0.05) is 48.0 Å². The Kier molecular flexibility index (Phi) is 5.38. The van der Waals surface area contributed by atoms with E-state index in [9.17, 15) is 4.79 Å². The number of anilines is 1. The molecular weight excluding hydrogens is 346 g/mol. The number of pyridine rings is 1. The zero-order chi connectivity index (χ0) is 19.3. The minimum absolute atomic E-state index is 0.0288. The van der Waals surface area contributed by atoms with E-state index in [2.05, 4.69) is 45.5 Å². The highest BCUT2D eigenvalue weighted by Gasteiger charge is 2.17. The van der Waals surface area contributed by atoms with E-state index < -0.39 is 0 Å². The first kappa shape index (κ1) is 18.2. The third-order valence-electron chi connectivity index (χ3n) is 5.26. The number of nitrogens with one attached hydrogen (secondary N) is 1. The van der Waals surface area contributed by atoms with E-state index in [-0.39, 0.29) is 5.91 Å². The smallest absolute Gasteiger partial charge is 0.251 e. The van der Waals surface area contributed by atoms with E-state index in [1.165, 1.54) is 11.1 Å². The number of benzene rings is 2. The lowest BCUT2D eigenvalue weighted by molar-refractivity contribution is 0.0956. The number of hydrogen-bond acceptors (Lipinski definition) is 3. The van der Waals surface area contributed by atoms with Crippen LogP contribution in [0.15, 0.2) is 66.5 Å². The fourth-order valence-electron chi connectivity index (χ4n) is 3.77. The molecule has 2 heterocycles. The Hall–Kier alpha value is -3.14. The fourth-order valence-corrected chi connectivity index (χ4v) is 3.77. The predicted molar refractivity (Wildman–Crippen MR) is 116 cm³/mol. The number of piperidine rings is 1. The van der Waals surface area contributed by atoms with Crippen LogP contribution >= 0.6 is 0 Å². The van der Waals surface area contributed by atoms with Gasteiger partial charge in [-0.3, -0.25) is 9.78 Å². The summed E-state index contributed by atoms with van der Waals surface area (Å²) in [6, 6.07) is 16.4. The van der Waals surface area contributed by atoms with Gasteiger partial charge in [-0.05, 0) is 37.5 Å². The molecule has 3 aromatic rings. The van der Waals surface area contributed by atoms with Gasteiger partial charge < -0.3 is 10.2 Å². The second-order valence-corrected chi connectivity index (χ2v) is 7.15. The van der Waals surface area contributed by atoms with Crippen LogP contribution in [0.3, 0.4) is 0 Å². The molecule has 1 amide bonds. The van der Waals surface area contributed by atoms with E-state index in [0.29, 0.717) is 12.1 Å². The maximum absolute atomic E-state index is 12.2. The van der Waals surface area contributed by atoms with E-state index >= 15 is 0 Å². The summed E-state index contributed by atoms with van der Waals surface area (Å²) in [5.41, 5.74) is 4.56. The molecule has 0 saturated carbocycles. The molecule has 0 aliphatic carbocycles. The van der Waals surface area contributed by atoms with Gasteiger partial charge in [-0.15, -0.1) is 0 Å². The first-order chi connectivity index (χ1) is 13.7. The molecule has 0 radical (unpaired) electrons. The lowest BCUT2D eigenvalue weighted by Crippen LogP contribution is -2.30. The van der Waals surface area contributed by atoms with Crippen LogP contribution < -0.4 is 10.2 Å². The van der Waals surface area contributed by atoms with Crippen LogP contribution in [0, 0.1) is 0 Å². The molecule has 4 nitrogen and oxygen atoms in total. The molecular formula is C24H25N3O. The van der Waals surface area contributed by atoms with Crippen molar-refractivity contribution in [3.63, 3.8) is 0 Å². The Labute approximate surface area is 165 Å². The molecule has 1 aliphatic rings. The lowest BCUT2D eigenvalue weighted by atomic mass is 9.99. The maximum Gasteiger partial charge on any atom is 0.251 e. The largest absolute Gasteiger partial charge is 0.369 e. The van der Waals surface area contributed by atoms with E-state index in [0.717, 1.165) is 42.4 Å². The minimum atomic E-state index is -0.0288. The fraction of sp³-hybridized carbons (Fsp3) is 0.250. The molecule has 1 aliphatic heterocycles. The van der Waals surface area contributed by atoms with Crippen molar-refractivity contribution in [3.8, 4) is 0 Å². The van der Waals surface area contributed by atoms with Crippen LogP contribution in [0.2, 0.25) is 0 Å². The molecule has 2 aromatic carbocycles. The summed E-state index contributed by atoms with van der Waals surface area (Å²) < 4.78 is 0. The highest BCUT2D eigenvalue weighted by Crippen LogP contribution is 2.30. The monoisotopic (exact) mass is 371 g/mol. The minimum Gasteiger partial charge on any atom is -0.369 e. The van der Waals surface area contributed by atoms with Crippen molar-refractivity contribution in [2.45, 2.75) is 19.8 Å². The molecule has 28 heavy (non-hydrogen) atoms. The molecule has 0 bridgehead atoms. The molecule has 4 heteroatoms. The van der Waals surface area contributed by atoms with Crippen molar-refractivity contribution in [2.75, 3.05) is 24.5 Å². The predicted octanol–water partition coefficient (Wildman–Crippen LogP) is 4.67. The van der Waals surface area contributed by atoms with Crippen LogP contribution in [0.1, 0.15) is 35.7 Å². The Morgan fingerprint density at radius 3 is 2.64 bits per heavy atom. The van der Waals surface area contributed by atoms with Crippen LogP contribution in [0.5, 0.6) is 0 Å². The van der Waals surface area contributed by atoms with E-state index in [4.69, 9.17) is 0 Å². The Balaban J connectivity index is 1.57. The lowest BCUT2D eigenvalue weighted by Gasteiger charge is -2.31. The summed E-state index contributed by atoms with van der Waals surface area (Å²) in [7, 11) is 0. The molecule has 1 N–H and O–H groups in total. The summed E-state index contributed by atoms with van der Waals surface area (Å²) in [6.07, 6.45) is 8.19. The van der Waals surface area contributed by atoms with Crippen molar-refractivity contribution >= 4 is 28.4 Å². The summed E-state index contributed by atoms with van der Waals surface area (Å²) in [5.74, 6) is -0.0288. The van der Waals surface area contributed by atoms with Crippen LogP contribution in [-0.4, -0.2) is 30.5 Å². The summed E-state index contributed by atoms with van der Waals surface area (Å²) in [5, 5.41) is 5.04. The van der Waals surface area contributed by atoms with E-state index in [1.54, 1.807) is 0 Å². The number of nitrogens with zero attached hydrogens (tertiary/aromatic N) is 2. The second kappa shape index (κ2) is 8.26. The third-order valence-corrected chi connectivity index (χ3v) is 5.26. The number of aromatic nitrogens is 1. The maximum atomic E-state index is 12.2. The Morgan fingerprint density at radius 2 is 1.89 bits per heavy atom. The second-order valence-electron chi connectivity index (χ2n) is 7.15. The Morgan fingerprint density at radius 1 is 1.11 bits per heavy atom. The topological polar surface area (TPSA) is 45.2 Å². The standard InChI is InChI=1S/C24H25N3O/c1-2-26-24(28)20-8-9-21-16-25-17-23(22(21)15-20)27-12-10-19(11-13-27)14-18-6-4-3-5-7-18/h3-9,14-17H,2,10-13H2,1H3,(H,26,28). The van der Waals surface area contributed by atoms with Gasteiger partial charge in [0.2, 0.25) is 0 Å². The van der Waals surface area contributed by atoms with Gasteiger partial charge >= 0.3 is 0 Å². The first-order valence-corrected chi connectivity index (χ1v) is 9.90. The van der Waals surface area contributed by atoms with E-state index in [1.807, 2.05) is 43.6 Å². The van der Waals surface area contributed by atoms with Crippen molar-refractivity contribution in [1.29, 1.82) is 0 Å². The SMILES string of the molecule is CCNC(=O)c1ccc2cncc(N3CCC(=Cc4ccccc4)CC3)c2c1. The van der Waals surface area contributed by atoms with Gasteiger partial charge in [0, 0.05) is 42.2 Å². The average molecular weight is 371 g/mol. The number of rotatable bonds is 4. The molecule has 0 spiro atoms. The normalized spacial score (nSPS) is 14.2. The zero-order valence-electron chi connectivity index (χ0n) is 16.2. The summed E-state index contributed by atoms with van der Waals surface area (Å²) in [6.45, 7) is 4.49. The molecule has 0 atom stereocenters. The number of carbonyl (C=O) groups is 1. The van der Waals surface area contributed by atoms with Crippen LogP contribution in [0.4, 0.5) is 5.69 Å². The third kappa shape index (κ3) is 3.91. The molecule has 142 valence electrons. The van der Waals surface area contributed by atoms with Crippen molar-refractivity contribution in [3.05, 3.63) is 77.6 Å². The number of fused-ring (bicyclic) bond motifs is 1. The van der Waals surface area contributed by atoms with Gasteiger partial charge in [-0.25, -0.2) is 0 Å². The highest BCUT2D eigenvalue weighted by atomic mass is 16.1. The summed E-state index contributed by atoms with van der Waals surface area (Å²) in [4.78, 5) is 19.1. The molecule has 1 saturated heterocycles. The molecule has 1 aromatic heterocycles.